The molecule has 0 bridgehead atoms. The summed E-state index contributed by atoms with van der Waals surface area (Å²) in [5, 5.41) is 2.79. The molecule has 1 saturated carbocycles. The molecule has 134 valence electrons. The first-order valence-electron chi connectivity index (χ1n) is 8.34. The van der Waals surface area contributed by atoms with Crippen molar-refractivity contribution in [2.75, 3.05) is 0 Å². The number of hydrogen-bond acceptors (Lipinski definition) is 5. The number of nitrogens with zero attached hydrogens (tertiary/aromatic N) is 2. The average Bonchev–Trinajstić information content (AvgIpc) is 3.43. The fraction of sp³-hybridized carbons (Fsp3) is 0.278. The Morgan fingerprint density at radius 3 is 2.69 bits per heavy atom. The second kappa shape index (κ2) is 5.91. The van der Waals surface area contributed by atoms with E-state index in [2.05, 4.69) is 10.3 Å². The molecular weight excluding hydrogens is 354 g/mol. The van der Waals surface area contributed by atoms with Gasteiger partial charge in [0.1, 0.15) is 4.90 Å². The molecular formula is C18H17N3O4S. The van der Waals surface area contributed by atoms with E-state index in [0.717, 1.165) is 4.31 Å². The first-order valence-corrected chi connectivity index (χ1v) is 9.78. The van der Waals surface area contributed by atoms with E-state index in [9.17, 15) is 18.0 Å². The van der Waals surface area contributed by atoms with Crippen molar-refractivity contribution in [3.8, 4) is 0 Å². The first kappa shape index (κ1) is 16.7. The van der Waals surface area contributed by atoms with Gasteiger partial charge in [-0.05, 0) is 50.1 Å². The van der Waals surface area contributed by atoms with Gasteiger partial charge >= 0.3 is 0 Å². The first-order chi connectivity index (χ1) is 12.4. The van der Waals surface area contributed by atoms with Crippen LogP contribution in [0.5, 0.6) is 0 Å². The van der Waals surface area contributed by atoms with Gasteiger partial charge in [-0.3, -0.25) is 14.6 Å². The molecule has 0 saturated heterocycles. The predicted octanol–water partition coefficient (Wildman–Crippen LogP) is 1.88. The third-order valence-corrected chi connectivity index (χ3v) is 6.44. The van der Waals surface area contributed by atoms with Gasteiger partial charge in [-0.15, -0.1) is 0 Å². The van der Waals surface area contributed by atoms with Crippen molar-refractivity contribution in [3.05, 3.63) is 59.4 Å². The third kappa shape index (κ3) is 2.66. The lowest BCUT2D eigenvalue weighted by atomic mass is 10.1. The lowest BCUT2D eigenvalue weighted by molar-refractivity contribution is 0.0863. The number of fused-ring (bicyclic) bond motifs is 1. The maximum atomic E-state index is 12.7. The Hall–Kier alpha value is -2.74. The molecule has 2 amide bonds. The second-order valence-electron chi connectivity index (χ2n) is 6.50. The Morgan fingerprint density at radius 2 is 2.04 bits per heavy atom. The fourth-order valence-corrected chi connectivity index (χ4v) is 4.89. The summed E-state index contributed by atoms with van der Waals surface area (Å²) in [6.07, 6.45) is 3.01. The Bertz CT molecular complexity index is 1000. The molecule has 2 aromatic rings. The summed E-state index contributed by atoms with van der Waals surface area (Å²) in [5.41, 5.74) is 1.02. The summed E-state index contributed by atoms with van der Waals surface area (Å²) in [6.45, 7) is 1.79. The van der Waals surface area contributed by atoms with Crippen LogP contribution >= 0.6 is 0 Å². The van der Waals surface area contributed by atoms with Crippen molar-refractivity contribution in [1.29, 1.82) is 0 Å². The molecule has 1 aliphatic heterocycles. The van der Waals surface area contributed by atoms with Crippen molar-refractivity contribution >= 4 is 21.8 Å². The number of aromatic nitrogens is 1. The van der Waals surface area contributed by atoms with Crippen LogP contribution in [0.4, 0.5) is 0 Å². The highest BCUT2D eigenvalue weighted by molar-refractivity contribution is 7.90. The minimum absolute atomic E-state index is 0.0902. The molecule has 4 rings (SSSR count). The van der Waals surface area contributed by atoms with E-state index in [1.807, 2.05) is 6.07 Å². The number of sulfonamides is 1. The molecule has 2 aliphatic rings. The molecule has 8 heteroatoms. The van der Waals surface area contributed by atoms with Crippen LogP contribution in [-0.4, -0.2) is 35.6 Å². The monoisotopic (exact) mass is 371 g/mol. The second-order valence-corrected chi connectivity index (χ2v) is 8.28. The minimum Gasteiger partial charge on any atom is -0.344 e. The van der Waals surface area contributed by atoms with Crippen molar-refractivity contribution in [2.24, 2.45) is 0 Å². The van der Waals surface area contributed by atoms with E-state index < -0.39 is 21.8 Å². The Balaban J connectivity index is 1.61. The van der Waals surface area contributed by atoms with Gasteiger partial charge in [-0.1, -0.05) is 6.07 Å². The lowest BCUT2D eigenvalue weighted by Crippen LogP contribution is -2.32. The highest BCUT2D eigenvalue weighted by Crippen LogP contribution is 2.39. The van der Waals surface area contributed by atoms with Gasteiger partial charge in [0, 0.05) is 17.8 Å². The van der Waals surface area contributed by atoms with Crippen LogP contribution in [0.15, 0.2) is 47.5 Å². The zero-order chi connectivity index (χ0) is 18.5. The van der Waals surface area contributed by atoms with Gasteiger partial charge in [-0.2, -0.15) is 0 Å². The standard InChI is InChI=1S/C18H17N3O4S/c1-11(15-4-2-3-9-19-15)20-17(22)12-5-8-14-16(10-12)26(24,25)21(18(14)23)13-6-7-13/h2-5,8-11,13H,6-7H2,1H3,(H,20,22). The molecule has 0 radical (unpaired) electrons. The summed E-state index contributed by atoms with van der Waals surface area (Å²) in [4.78, 5) is 29.0. The van der Waals surface area contributed by atoms with E-state index in [4.69, 9.17) is 0 Å². The Morgan fingerprint density at radius 1 is 1.27 bits per heavy atom. The maximum absolute atomic E-state index is 12.7. The molecule has 1 N–H and O–H groups in total. The SMILES string of the molecule is CC(NC(=O)c1ccc2c(c1)S(=O)(=O)N(C1CC1)C2=O)c1ccccn1. The number of nitrogens with one attached hydrogen (secondary N) is 1. The van der Waals surface area contributed by atoms with Gasteiger partial charge in [0.05, 0.1) is 17.3 Å². The van der Waals surface area contributed by atoms with Crippen LogP contribution in [0.3, 0.4) is 0 Å². The molecule has 1 aromatic carbocycles. The van der Waals surface area contributed by atoms with E-state index in [1.54, 1.807) is 25.3 Å². The average molecular weight is 371 g/mol. The van der Waals surface area contributed by atoms with Gasteiger partial charge in [0.15, 0.2) is 0 Å². The number of pyridine rings is 1. The summed E-state index contributed by atoms with van der Waals surface area (Å²) >= 11 is 0. The molecule has 26 heavy (non-hydrogen) atoms. The minimum atomic E-state index is -3.88. The van der Waals surface area contributed by atoms with Crippen LogP contribution in [-0.2, 0) is 10.0 Å². The van der Waals surface area contributed by atoms with E-state index in [1.165, 1.54) is 18.2 Å². The summed E-state index contributed by atoms with van der Waals surface area (Å²) in [7, 11) is -3.88. The van der Waals surface area contributed by atoms with Gasteiger partial charge in [0.2, 0.25) is 0 Å². The van der Waals surface area contributed by atoms with Crippen LogP contribution in [0.1, 0.15) is 52.2 Å². The molecule has 1 fully saturated rings. The molecule has 7 nitrogen and oxygen atoms in total. The van der Waals surface area contributed by atoms with Gasteiger partial charge in [-0.25, -0.2) is 12.7 Å². The lowest BCUT2D eigenvalue weighted by Gasteiger charge is -2.14. The number of carbonyl (C=O) groups excluding carboxylic acids is 2. The quantitative estimate of drug-likeness (QED) is 0.885. The van der Waals surface area contributed by atoms with E-state index in [0.29, 0.717) is 18.5 Å². The number of amides is 2. The molecule has 1 unspecified atom stereocenters. The van der Waals surface area contributed by atoms with Crippen molar-refractivity contribution in [3.63, 3.8) is 0 Å². The molecule has 2 heterocycles. The number of benzene rings is 1. The predicted molar refractivity (Wildman–Crippen MR) is 92.9 cm³/mol. The maximum Gasteiger partial charge on any atom is 0.269 e. The van der Waals surface area contributed by atoms with Gasteiger partial charge in [0.25, 0.3) is 21.8 Å². The van der Waals surface area contributed by atoms with Crippen molar-refractivity contribution in [2.45, 2.75) is 36.7 Å². The highest BCUT2D eigenvalue weighted by atomic mass is 32.2. The zero-order valence-electron chi connectivity index (χ0n) is 14.0. The third-order valence-electron chi connectivity index (χ3n) is 4.57. The smallest absolute Gasteiger partial charge is 0.269 e. The number of hydrogen-bond donors (Lipinski definition) is 1. The zero-order valence-corrected chi connectivity index (χ0v) is 14.9. The van der Waals surface area contributed by atoms with Crippen LogP contribution in [0.25, 0.3) is 0 Å². The normalized spacial score (nSPS) is 19.1. The number of carbonyl (C=O) groups is 2. The van der Waals surface area contributed by atoms with Crippen LogP contribution in [0, 0.1) is 0 Å². The van der Waals surface area contributed by atoms with E-state index >= 15 is 0 Å². The van der Waals surface area contributed by atoms with Gasteiger partial charge < -0.3 is 5.32 Å². The van der Waals surface area contributed by atoms with Crippen LogP contribution < -0.4 is 5.32 Å². The topological polar surface area (TPSA) is 96.4 Å². The summed E-state index contributed by atoms with van der Waals surface area (Å²) in [6, 6.07) is 8.99. The largest absolute Gasteiger partial charge is 0.344 e. The Labute approximate surface area is 151 Å². The molecule has 1 aliphatic carbocycles. The highest BCUT2D eigenvalue weighted by Gasteiger charge is 2.48. The Kier molecular flexibility index (Phi) is 3.80. The van der Waals surface area contributed by atoms with Crippen molar-refractivity contribution in [1.82, 2.24) is 14.6 Å². The number of rotatable bonds is 4. The molecule has 0 spiro atoms. The fourth-order valence-electron chi connectivity index (χ4n) is 3.04. The van der Waals surface area contributed by atoms with Crippen molar-refractivity contribution < 1.29 is 18.0 Å². The summed E-state index contributed by atoms with van der Waals surface area (Å²) in [5.74, 6) is -0.921. The molecule has 1 aromatic heterocycles. The van der Waals surface area contributed by atoms with Crippen LogP contribution in [0.2, 0.25) is 0 Å². The molecule has 1 atom stereocenters. The van der Waals surface area contributed by atoms with E-state index in [-0.39, 0.29) is 28.1 Å². The summed E-state index contributed by atoms with van der Waals surface area (Å²) < 4.78 is 26.3.